The average molecular weight is 422 g/mol. The topological polar surface area (TPSA) is 97.0 Å². The molecule has 0 atom stereocenters. The van der Waals surface area contributed by atoms with Crippen LogP contribution in [-0.4, -0.2) is 45.2 Å². The Morgan fingerprint density at radius 1 is 1.30 bits per heavy atom. The minimum Gasteiger partial charge on any atom is -0.406 e. The van der Waals surface area contributed by atoms with Crippen molar-refractivity contribution >= 4 is 33.0 Å². The quantitative estimate of drug-likeness (QED) is 0.528. The van der Waals surface area contributed by atoms with Crippen LogP contribution < -0.4 is 15.8 Å². The molecule has 1 aromatic heterocycles. The molecule has 2 aromatic rings. The number of halogens is 3. The molecule has 0 radical (unpaired) electrons. The van der Waals surface area contributed by atoms with Gasteiger partial charge in [-0.05, 0) is 35.7 Å². The molecule has 0 aliphatic carbocycles. The van der Waals surface area contributed by atoms with Crippen LogP contribution in [0.15, 0.2) is 51.0 Å². The van der Waals surface area contributed by atoms with E-state index >= 15 is 0 Å². The lowest BCUT2D eigenvalue weighted by Crippen LogP contribution is -2.30. The van der Waals surface area contributed by atoms with E-state index in [4.69, 9.17) is 5.73 Å². The summed E-state index contributed by atoms with van der Waals surface area (Å²) in [6.07, 6.45) is -4.76. The van der Waals surface area contributed by atoms with Gasteiger partial charge in [0, 0.05) is 19.3 Å². The largest absolute Gasteiger partial charge is 0.573 e. The Labute approximate surface area is 158 Å². The van der Waals surface area contributed by atoms with E-state index in [0.717, 1.165) is 23.5 Å². The van der Waals surface area contributed by atoms with Crippen LogP contribution in [0.2, 0.25) is 0 Å². The van der Waals surface area contributed by atoms with Crippen LogP contribution in [0.25, 0.3) is 0 Å². The van der Waals surface area contributed by atoms with Crippen LogP contribution in [-0.2, 0) is 10.0 Å². The molecule has 0 saturated heterocycles. The second-order valence-corrected chi connectivity index (χ2v) is 8.44. The van der Waals surface area contributed by atoms with E-state index in [2.05, 4.69) is 15.0 Å². The maximum Gasteiger partial charge on any atom is 0.573 e. The number of nitrogens with two attached hydrogens (primary N) is 1. The molecular formula is C15H17F3N4O3S2. The Balaban J connectivity index is 1.87. The Hall–Kier alpha value is -2.31. The van der Waals surface area contributed by atoms with Gasteiger partial charge in [-0.15, -0.1) is 24.5 Å². The highest BCUT2D eigenvalue weighted by molar-refractivity contribution is 7.91. The van der Waals surface area contributed by atoms with Gasteiger partial charge < -0.3 is 15.8 Å². The Kier molecular flexibility index (Phi) is 6.68. The second-order valence-electron chi connectivity index (χ2n) is 5.22. The predicted octanol–water partition coefficient (Wildman–Crippen LogP) is 2.69. The molecule has 0 fully saturated rings. The van der Waals surface area contributed by atoms with Crippen LogP contribution in [0.3, 0.4) is 0 Å². The molecule has 0 aliphatic heterocycles. The summed E-state index contributed by atoms with van der Waals surface area (Å²) >= 11 is 1.12. The van der Waals surface area contributed by atoms with Gasteiger partial charge in [0.2, 0.25) is 0 Å². The molecule has 1 aromatic carbocycles. The lowest BCUT2D eigenvalue weighted by atomic mass is 10.3. The number of thiophene rings is 1. The molecule has 2 rings (SSSR count). The number of alkyl halides is 3. The van der Waals surface area contributed by atoms with Gasteiger partial charge >= 0.3 is 6.36 Å². The summed E-state index contributed by atoms with van der Waals surface area (Å²) in [5, 5.41) is 4.37. The monoisotopic (exact) mass is 422 g/mol. The van der Waals surface area contributed by atoms with E-state index in [1.807, 2.05) is 0 Å². The molecule has 0 spiro atoms. The fourth-order valence-electron chi connectivity index (χ4n) is 1.92. The summed E-state index contributed by atoms with van der Waals surface area (Å²) in [7, 11) is -2.12. The van der Waals surface area contributed by atoms with Gasteiger partial charge in [0.05, 0.1) is 6.54 Å². The van der Waals surface area contributed by atoms with Crippen molar-refractivity contribution in [3.05, 3.63) is 41.8 Å². The third-order valence-electron chi connectivity index (χ3n) is 3.22. The van der Waals surface area contributed by atoms with Crippen molar-refractivity contribution in [2.24, 2.45) is 10.7 Å². The second kappa shape index (κ2) is 8.59. The molecule has 148 valence electrons. The lowest BCUT2D eigenvalue weighted by molar-refractivity contribution is -0.274. The normalized spacial score (nSPS) is 13.0. The van der Waals surface area contributed by atoms with Crippen LogP contribution in [0.5, 0.6) is 5.75 Å². The molecule has 0 unspecified atom stereocenters. The van der Waals surface area contributed by atoms with E-state index in [1.54, 1.807) is 11.4 Å². The highest BCUT2D eigenvalue weighted by Gasteiger charge is 2.30. The fourth-order valence-corrected chi connectivity index (χ4v) is 4.29. The van der Waals surface area contributed by atoms with Gasteiger partial charge in [0.25, 0.3) is 10.0 Å². The van der Waals surface area contributed by atoms with E-state index in [-0.39, 0.29) is 29.0 Å². The standard InChI is InChI=1S/C15H17F3N4O3S2/c1-22(27(23,24)13-3-2-10-26-13)9-8-20-14(19)21-11-4-6-12(7-5-11)25-15(16,17)18/h2-7,10H,8-9H2,1H3,(H3,19,20,21). The smallest absolute Gasteiger partial charge is 0.406 e. The third kappa shape index (κ3) is 6.41. The van der Waals surface area contributed by atoms with Crippen molar-refractivity contribution in [1.29, 1.82) is 0 Å². The number of hydrogen-bond donors (Lipinski definition) is 2. The van der Waals surface area contributed by atoms with Gasteiger partial charge in [-0.3, -0.25) is 4.99 Å². The first kappa shape index (κ1) is 21.0. The number of sulfonamides is 1. The summed E-state index contributed by atoms with van der Waals surface area (Å²) in [5.41, 5.74) is 6.10. The highest BCUT2D eigenvalue weighted by Crippen LogP contribution is 2.24. The maximum atomic E-state index is 12.2. The number of hydrogen-bond acceptors (Lipinski definition) is 5. The van der Waals surface area contributed by atoms with Crippen LogP contribution in [0, 0.1) is 0 Å². The number of benzene rings is 1. The van der Waals surface area contributed by atoms with Gasteiger partial charge in [0.1, 0.15) is 9.96 Å². The molecule has 0 aliphatic rings. The van der Waals surface area contributed by atoms with E-state index < -0.39 is 16.4 Å². The lowest BCUT2D eigenvalue weighted by Gasteiger charge is -2.15. The van der Waals surface area contributed by atoms with E-state index in [0.29, 0.717) is 5.69 Å². The summed E-state index contributed by atoms with van der Waals surface area (Å²) < 4.78 is 66.0. The number of guanidine groups is 1. The first-order chi connectivity index (χ1) is 12.6. The number of nitrogens with one attached hydrogen (secondary N) is 1. The first-order valence-electron chi connectivity index (χ1n) is 7.50. The molecule has 0 amide bonds. The fraction of sp³-hybridized carbons (Fsp3) is 0.267. The maximum absolute atomic E-state index is 12.2. The van der Waals surface area contributed by atoms with Crippen molar-refractivity contribution in [3.63, 3.8) is 0 Å². The molecule has 0 saturated carbocycles. The Morgan fingerprint density at radius 2 is 1.96 bits per heavy atom. The summed E-state index contributed by atoms with van der Waals surface area (Å²) in [5.74, 6) is -0.356. The minimum atomic E-state index is -4.76. The summed E-state index contributed by atoms with van der Waals surface area (Å²) in [6.45, 7) is 0.218. The summed E-state index contributed by atoms with van der Waals surface area (Å²) in [4.78, 5) is 4.01. The molecule has 1 heterocycles. The zero-order valence-electron chi connectivity index (χ0n) is 14.1. The van der Waals surface area contributed by atoms with Crippen LogP contribution in [0.4, 0.5) is 18.9 Å². The minimum absolute atomic E-state index is 0.00131. The van der Waals surface area contributed by atoms with Gasteiger partial charge in [-0.25, -0.2) is 8.42 Å². The number of rotatable bonds is 7. The van der Waals surface area contributed by atoms with Gasteiger partial charge in [-0.2, -0.15) is 4.31 Å². The Morgan fingerprint density at radius 3 is 2.52 bits per heavy atom. The molecule has 3 N–H and O–H groups in total. The molecule has 7 nitrogen and oxygen atoms in total. The van der Waals surface area contributed by atoms with Crippen molar-refractivity contribution in [1.82, 2.24) is 4.31 Å². The van der Waals surface area contributed by atoms with Crippen molar-refractivity contribution in [3.8, 4) is 5.75 Å². The number of likely N-dealkylation sites (N-methyl/N-ethyl adjacent to an activating group) is 1. The SMILES string of the molecule is CN(CCN=C(N)Nc1ccc(OC(F)(F)F)cc1)S(=O)(=O)c1cccs1. The van der Waals surface area contributed by atoms with E-state index in [9.17, 15) is 21.6 Å². The highest BCUT2D eigenvalue weighted by atomic mass is 32.2. The molecule has 0 bridgehead atoms. The van der Waals surface area contributed by atoms with Gasteiger partial charge in [0.15, 0.2) is 5.96 Å². The number of anilines is 1. The predicted molar refractivity (Wildman–Crippen MR) is 97.4 cm³/mol. The van der Waals surface area contributed by atoms with Crippen LogP contribution >= 0.6 is 11.3 Å². The van der Waals surface area contributed by atoms with Crippen molar-refractivity contribution < 1.29 is 26.3 Å². The molecule has 12 heteroatoms. The molecular weight excluding hydrogens is 405 g/mol. The first-order valence-corrected chi connectivity index (χ1v) is 9.82. The van der Waals surface area contributed by atoms with E-state index in [1.165, 1.54) is 29.6 Å². The summed E-state index contributed by atoms with van der Waals surface area (Å²) in [6, 6.07) is 8.11. The van der Waals surface area contributed by atoms with Crippen molar-refractivity contribution in [2.75, 3.05) is 25.5 Å². The zero-order chi connectivity index (χ0) is 20.1. The third-order valence-corrected chi connectivity index (χ3v) is 6.45. The van der Waals surface area contributed by atoms with Gasteiger partial charge in [-0.1, -0.05) is 6.07 Å². The Bertz CT molecular complexity index is 867. The number of nitrogens with zero attached hydrogens (tertiary/aromatic N) is 2. The van der Waals surface area contributed by atoms with Crippen LogP contribution in [0.1, 0.15) is 0 Å². The number of aliphatic imine (C=N–C) groups is 1. The molecule has 27 heavy (non-hydrogen) atoms. The van der Waals surface area contributed by atoms with Crippen molar-refractivity contribution in [2.45, 2.75) is 10.6 Å². The zero-order valence-corrected chi connectivity index (χ0v) is 15.7. The number of ether oxygens (including phenoxy) is 1. The average Bonchev–Trinajstić information content (AvgIpc) is 3.10.